The van der Waals surface area contributed by atoms with Gasteiger partial charge in [-0.15, -0.1) is 0 Å². The number of hydrogen-bond acceptors (Lipinski definition) is 2. The van der Waals surface area contributed by atoms with Gasteiger partial charge in [-0.25, -0.2) is 4.39 Å². The first-order valence-corrected chi connectivity index (χ1v) is 5.55. The van der Waals surface area contributed by atoms with Gasteiger partial charge in [-0.2, -0.15) is 0 Å². The minimum absolute atomic E-state index is 0.0139. The number of hydrogen-bond donors (Lipinski definition) is 1. The summed E-state index contributed by atoms with van der Waals surface area (Å²) in [6.45, 7) is 5.86. The lowest BCUT2D eigenvalue weighted by molar-refractivity contribution is 0.104. The van der Waals surface area contributed by atoms with E-state index in [2.05, 4.69) is 0 Å². The van der Waals surface area contributed by atoms with Crippen LogP contribution < -0.4 is 10.5 Å². The molecule has 4 heteroatoms. The highest BCUT2D eigenvalue weighted by molar-refractivity contribution is 7.80. The molecular weight excluding hydrogens is 225 g/mol. The van der Waals surface area contributed by atoms with Gasteiger partial charge in [-0.1, -0.05) is 25.2 Å². The first-order chi connectivity index (χ1) is 7.37. The van der Waals surface area contributed by atoms with E-state index in [0.29, 0.717) is 5.75 Å². The van der Waals surface area contributed by atoms with E-state index < -0.39 is 5.82 Å². The lowest BCUT2D eigenvalue weighted by Gasteiger charge is -2.26. The maximum atomic E-state index is 13.5. The highest BCUT2D eigenvalue weighted by atomic mass is 32.1. The van der Waals surface area contributed by atoms with Gasteiger partial charge in [0.05, 0.1) is 5.56 Å². The van der Waals surface area contributed by atoms with Crippen molar-refractivity contribution < 1.29 is 9.13 Å². The van der Waals surface area contributed by atoms with Crippen LogP contribution in [-0.2, 0) is 0 Å². The summed E-state index contributed by atoms with van der Waals surface area (Å²) in [6.07, 6.45) is 0.806. The van der Waals surface area contributed by atoms with Gasteiger partial charge in [0.1, 0.15) is 22.2 Å². The SMILES string of the molecule is CCC(C)(C)Oc1cccc(F)c1C(N)=S. The number of thiocarbonyl (C=S) groups is 1. The summed E-state index contributed by atoms with van der Waals surface area (Å²) in [7, 11) is 0. The Morgan fingerprint density at radius 3 is 2.62 bits per heavy atom. The van der Waals surface area contributed by atoms with Crippen LogP contribution in [-0.4, -0.2) is 10.6 Å². The molecule has 1 aromatic carbocycles. The van der Waals surface area contributed by atoms with Crippen molar-refractivity contribution in [1.82, 2.24) is 0 Å². The van der Waals surface area contributed by atoms with Gasteiger partial charge >= 0.3 is 0 Å². The van der Waals surface area contributed by atoms with Crippen LogP contribution in [0.15, 0.2) is 18.2 Å². The Morgan fingerprint density at radius 2 is 2.12 bits per heavy atom. The Morgan fingerprint density at radius 1 is 1.50 bits per heavy atom. The second kappa shape index (κ2) is 4.78. The molecule has 16 heavy (non-hydrogen) atoms. The van der Waals surface area contributed by atoms with Gasteiger partial charge in [0.2, 0.25) is 0 Å². The molecule has 0 spiro atoms. The van der Waals surface area contributed by atoms with Crippen LogP contribution in [0.4, 0.5) is 4.39 Å². The van der Waals surface area contributed by atoms with Crippen LogP contribution in [0.5, 0.6) is 5.75 Å². The third kappa shape index (κ3) is 2.92. The van der Waals surface area contributed by atoms with Crippen molar-refractivity contribution in [1.29, 1.82) is 0 Å². The molecule has 1 aromatic rings. The van der Waals surface area contributed by atoms with Crippen LogP contribution in [0, 0.1) is 5.82 Å². The molecule has 0 atom stereocenters. The normalized spacial score (nSPS) is 11.2. The van der Waals surface area contributed by atoms with E-state index in [-0.39, 0.29) is 16.2 Å². The predicted octanol–water partition coefficient (Wildman–Crippen LogP) is 3.03. The van der Waals surface area contributed by atoms with Gasteiger partial charge in [0.25, 0.3) is 0 Å². The number of benzene rings is 1. The number of halogens is 1. The first kappa shape index (κ1) is 12.9. The molecule has 0 fully saturated rings. The molecule has 0 saturated heterocycles. The van der Waals surface area contributed by atoms with E-state index >= 15 is 0 Å². The monoisotopic (exact) mass is 241 g/mol. The Hall–Kier alpha value is -1.16. The average molecular weight is 241 g/mol. The highest BCUT2D eigenvalue weighted by Crippen LogP contribution is 2.26. The van der Waals surface area contributed by atoms with Crippen molar-refractivity contribution in [3.63, 3.8) is 0 Å². The standard InChI is InChI=1S/C12H16FNOS/c1-4-12(2,3)15-9-7-5-6-8(13)10(9)11(14)16/h5-7H,4H2,1-3H3,(H2,14,16). The maximum absolute atomic E-state index is 13.5. The highest BCUT2D eigenvalue weighted by Gasteiger charge is 2.21. The molecule has 0 amide bonds. The zero-order valence-corrected chi connectivity index (χ0v) is 10.5. The quantitative estimate of drug-likeness (QED) is 0.823. The van der Waals surface area contributed by atoms with E-state index in [0.717, 1.165) is 6.42 Å². The predicted molar refractivity (Wildman–Crippen MR) is 67.3 cm³/mol. The van der Waals surface area contributed by atoms with Crippen molar-refractivity contribution in [3.05, 3.63) is 29.6 Å². The van der Waals surface area contributed by atoms with E-state index in [9.17, 15) is 4.39 Å². The third-order valence-electron chi connectivity index (χ3n) is 2.46. The lowest BCUT2D eigenvalue weighted by Crippen LogP contribution is -2.28. The molecule has 0 aliphatic heterocycles. The molecule has 88 valence electrons. The molecule has 0 radical (unpaired) electrons. The minimum atomic E-state index is -0.447. The van der Waals surface area contributed by atoms with Gasteiger partial charge < -0.3 is 10.5 Å². The molecule has 0 unspecified atom stereocenters. The summed E-state index contributed by atoms with van der Waals surface area (Å²) in [4.78, 5) is 0.0139. The van der Waals surface area contributed by atoms with Crippen LogP contribution in [0.3, 0.4) is 0 Å². The summed E-state index contributed by atoms with van der Waals surface area (Å²) in [5.74, 6) is -0.0451. The Bertz CT molecular complexity index is 404. The molecule has 0 aromatic heterocycles. The fourth-order valence-electron chi connectivity index (χ4n) is 1.20. The van der Waals surface area contributed by atoms with Crippen molar-refractivity contribution in [3.8, 4) is 5.75 Å². The van der Waals surface area contributed by atoms with Crippen LogP contribution in [0.1, 0.15) is 32.8 Å². The maximum Gasteiger partial charge on any atom is 0.137 e. The Kier molecular flexibility index (Phi) is 3.86. The van der Waals surface area contributed by atoms with Crippen LogP contribution >= 0.6 is 12.2 Å². The van der Waals surface area contributed by atoms with Crippen LogP contribution in [0.2, 0.25) is 0 Å². The Labute approximate surface area is 101 Å². The molecule has 2 N–H and O–H groups in total. The summed E-state index contributed by atoms with van der Waals surface area (Å²) in [5, 5.41) is 0. The molecular formula is C12H16FNOS. The average Bonchev–Trinajstić information content (AvgIpc) is 2.16. The van der Waals surface area contributed by atoms with Gasteiger partial charge in [0, 0.05) is 0 Å². The molecule has 0 saturated carbocycles. The zero-order valence-electron chi connectivity index (χ0n) is 9.71. The third-order valence-corrected chi connectivity index (χ3v) is 2.66. The van der Waals surface area contributed by atoms with Crippen molar-refractivity contribution >= 4 is 17.2 Å². The van der Waals surface area contributed by atoms with Gasteiger partial charge in [-0.3, -0.25) is 0 Å². The van der Waals surface area contributed by atoms with Crippen molar-refractivity contribution in [2.24, 2.45) is 5.73 Å². The lowest BCUT2D eigenvalue weighted by atomic mass is 10.1. The van der Waals surface area contributed by atoms with E-state index in [1.54, 1.807) is 12.1 Å². The second-order valence-electron chi connectivity index (χ2n) is 4.19. The smallest absolute Gasteiger partial charge is 0.137 e. The van der Waals surface area contributed by atoms with Crippen molar-refractivity contribution in [2.45, 2.75) is 32.8 Å². The fraction of sp³-hybridized carbons (Fsp3) is 0.417. The van der Waals surface area contributed by atoms with E-state index in [1.807, 2.05) is 20.8 Å². The number of ether oxygens (including phenoxy) is 1. The largest absolute Gasteiger partial charge is 0.487 e. The number of rotatable bonds is 4. The summed E-state index contributed by atoms with van der Waals surface area (Å²) >= 11 is 4.82. The first-order valence-electron chi connectivity index (χ1n) is 5.14. The summed E-state index contributed by atoms with van der Waals surface area (Å²) in [6, 6.07) is 4.58. The summed E-state index contributed by atoms with van der Waals surface area (Å²) in [5.41, 5.74) is 5.30. The molecule has 0 aliphatic carbocycles. The van der Waals surface area contributed by atoms with Gasteiger partial charge in [0.15, 0.2) is 0 Å². The summed E-state index contributed by atoms with van der Waals surface area (Å²) < 4.78 is 19.2. The second-order valence-corrected chi connectivity index (χ2v) is 4.63. The molecule has 0 bridgehead atoms. The molecule has 0 aliphatic rings. The topological polar surface area (TPSA) is 35.2 Å². The van der Waals surface area contributed by atoms with Gasteiger partial charge in [-0.05, 0) is 32.4 Å². The zero-order chi connectivity index (χ0) is 12.3. The Balaban J connectivity index is 3.14. The van der Waals surface area contributed by atoms with E-state index in [1.165, 1.54) is 6.07 Å². The number of nitrogens with two attached hydrogens (primary N) is 1. The molecule has 2 nitrogen and oxygen atoms in total. The van der Waals surface area contributed by atoms with E-state index in [4.69, 9.17) is 22.7 Å². The molecule has 0 heterocycles. The van der Waals surface area contributed by atoms with Crippen LogP contribution in [0.25, 0.3) is 0 Å². The van der Waals surface area contributed by atoms with Crippen molar-refractivity contribution in [2.75, 3.05) is 0 Å². The minimum Gasteiger partial charge on any atom is -0.487 e. The molecule has 1 rings (SSSR count). The fourth-order valence-corrected chi connectivity index (χ4v) is 1.40.